The topological polar surface area (TPSA) is 97.6 Å². The van der Waals surface area contributed by atoms with Crippen LogP contribution in [0.2, 0.25) is 0 Å². The smallest absolute Gasteiger partial charge is 0.304 e. The maximum Gasteiger partial charge on any atom is 0.304 e. The van der Waals surface area contributed by atoms with E-state index in [4.69, 9.17) is 4.74 Å². The number of hydrogen-bond acceptors (Lipinski definition) is 5. The standard InChI is InChI=1S/C35H34N4O4/c40-34(41)21-30-24-10-9-23-15-17-38(22-26(23)19-24)35(42)29-12-14-33(28-8-4-3-7-27(28)29)43-18-6-2-1-5-16-39-32-13-11-25(30)20-31(32)36-37-39/h3-4,7-14,19-20,30H,1-2,5-6,15-18,21-22H2,(H,40,41). The SMILES string of the molecule is O=C(O)CC1c2ccc3c(c2)CN(CC3)C(=O)c2ccc(c3ccccc23)OCCCCCCn2nnc3cc1ccc32. The number of carbonyl (C=O) groups is 2. The summed E-state index contributed by atoms with van der Waals surface area (Å²) in [4.78, 5) is 27.9. The summed E-state index contributed by atoms with van der Waals surface area (Å²) in [6.45, 7) is 2.50. The zero-order valence-electron chi connectivity index (χ0n) is 24.0. The third kappa shape index (κ3) is 5.33. The molecule has 1 aromatic heterocycles. The highest BCUT2D eigenvalue weighted by Gasteiger charge is 2.26. The van der Waals surface area contributed by atoms with Crippen LogP contribution in [0.4, 0.5) is 0 Å². The number of benzene rings is 4. The van der Waals surface area contributed by atoms with Crippen LogP contribution >= 0.6 is 0 Å². The molecule has 9 bridgehead atoms. The number of carbonyl (C=O) groups excluding carboxylic acids is 1. The van der Waals surface area contributed by atoms with Crippen LogP contribution in [0.3, 0.4) is 0 Å². The lowest BCUT2D eigenvalue weighted by atomic mass is 9.85. The summed E-state index contributed by atoms with van der Waals surface area (Å²) < 4.78 is 8.16. The minimum atomic E-state index is -0.861. The van der Waals surface area contributed by atoms with Crippen LogP contribution < -0.4 is 4.74 Å². The molecule has 1 amide bonds. The minimum Gasteiger partial charge on any atom is -0.493 e. The highest BCUT2D eigenvalue weighted by Crippen LogP contribution is 2.34. The van der Waals surface area contributed by atoms with E-state index in [0.717, 1.165) is 82.9 Å². The van der Waals surface area contributed by atoms with Gasteiger partial charge in [-0.2, -0.15) is 0 Å². The summed E-state index contributed by atoms with van der Waals surface area (Å²) in [7, 11) is 0. The molecule has 5 aromatic rings. The Morgan fingerprint density at radius 3 is 2.58 bits per heavy atom. The van der Waals surface area contributed by atoms with Crippen LogP contribution in [0, 0.1) is 0 Å². The average Bonchev–Trinajstić information content (AvgIpc) is 3.44. The molecule has 5 aliphatic heterocycles. The van der Waals surface area contributed by atoms with Gasteiger partial charge in [0.2, 0.25) is 0 Å². The van der Waals surface area contributed by atoms with Gasteiger partial charge < -0.3 is 14.7 Å². The van der Waals surface area contributed by atoms with Crippen LogP contribution in [-0.4, -0.2) is 50.0 Å². The summed E-state index contributed by atoms with van der Waals surface area (Å²) in [6, 6.07) is 24.0. The third-order valence-electron chi connectivity index (χ3n) is 8.89. The van der Waals surface area contributed by atoms with Gasteiger partial charge in [-0.05, 0) is 77.6 Å². The van der Waals surface area contributed by atoms with Crippen LogP contribution in [0.15, 0.2) is 72.8 Å². The van der Waals surface area contributed by atoms with Crippen LogP contribution in [0.25, 0.3) is 21.8 Å². The number of hydrogen-bond donors (Lipinski definition) is 1. The van der Waals surface area contributed by atoms with E-state index in [0.29, 0.717) is 25.3 Å². The Morgan fingerprint density at radius 1 is 0.884 bits per heavy atom. The van der Waals surface area contributed by atoms with Crippen molar-refractivity contribution in [1.29, 1.82) is 0 Å². The van der Waals surface area contributed by atoms with Crippen molar-refractivity contribution >= 4 is 33.7 Å². The molecule has 1 unspecified atom stereocenters. The van der Waals surface area contributed by atoms with Gasteiger partial charge >= 0.3 is 5.97 Å². The van der Waals surface area contributed by atoms with E-state index in [1.54, 1.807) is 0 Å². The van der Waals surface area contributed by atoms with Gasteiger partial charge in [-0.25, -0.2) is 4.68 Å². The molecule has 0 saturated heterocycles. The van der Waals surface area contributed by atoms with Gasteiger partial charge in [-0.1, -0.05) is 60.2 Å². The molecule has 0 radical (unpaired) electrons. The fraction of sp³-hybridized carbons (Fsp3) is 0.314. The number of aromatic nitrogens is 3. The number of amides is 1. The Balaban J connectivity index is 1.29. The number of carboxylic acids is 1. The van der Waals surface area contributed by atoms with Crippen molar-refractivity contribution in [3.05, 3.63) is 101 Å². The minimum absolute atomic E-state index is 0.00665. The predicted octanol–water partition coefficient (Wildman–Crippen LogP) is 6.34. The van der Waals surface area contributed by atoms with Crippen molar-refractivity contribution < 1.29 is 19.4 Å². The Hall–Kier alpha value is -4.72. The maximum atomic E-state index is 13.9. The molecule has 4 aromatic carbocycles. The van der Waals surface area contributed by atoms with Crippen molar-refractivity contribution in [2.75, 3.05) is 13.2 Å². The number of aryl methyl sites for hydroxylation is 1. The van der Waals surface area contributed by atoms with Gasteiger partial charge in [0.25, 0.3) is 5.91 Å². The number of rotatable bonds is 2. The van der Waals surface area contributed by atoms with Crippen molar-refractivity contribution in [1.82, 2.24) is 19.9 Å². The molecule has 5 aliphatic rings. The third-order valence-corrected chi connectivity index (χ3v) is 8.89. The first-order valence-corrected chi connectivity index (χ1v) is 15.2. The van der Waals surface area contributed by atoms with Gasteiger partial charge in [-0.15, -0.1) is 5.10 Å². The predicted molar refractivity (Wildman–Crippen MR) is 164 cm³/mol. The van der Waals surface area contributed by atoms with E-state index in [1.807, 2.05) is 70.2 Å². The van der Waals surface area contributed by atoms with Gasteiger partial charge in [0.15, 0.2) is 0 Å². The molecule has 43 heavy (non-hydrogen) atoms. The van der Waals surface area contributed by atoms with Crippen LogP contribution in [0.5, 0.6) is 5.75 Å². The molecule has 1 atom stereocenters. The summed E-state index contributed by atoms with van der Waals surface area (Å²) in [5.74, 6) is -0.411. The lowest BCUT2D eigenvalue weighted by Crippen LogP contribution is -2.36. The van der Waals surface area contributed by atoms with Gasteiger partial charge in [0.1, 0.15) is 11.3 Å². The van der Waals surface area contributed by atoms with E-state index >= 15 is 0 Å². The highest BCUT2D eigenvalue weighted by molar-refractivity contribution is 6.08. The average molecular weight is 575 g/mol. The second kappa shape index (κ2) is 11.5. The number of aliphatic carboxylic acids is 1. The highest BCUT2D eigenvalue weighted by atomic mass is 16.5. The van der Waals surface area contributed by atoms with Crippen LogP contribution in [0.1, 0.15) is 70.6 Å². The largest absolute Gasteiger partial charge is 0.493 e. The summed E-state index contributed by atoms with van der Waals surface area (Å²) in [6.07, 6.45) is 4.72. The van der Waals surface area contributed by atoms with E-state index in [-0.39, 0.29) is 18.2 Å². The lowest BCUT2D eigenvalue weighted by molar-refractivity contribution is -0.137. The van der Waals surface area contributed by atoms with Crippen molar-refractivity contribution in [2.45, 2.75) is 57.5 Å². The van der Waals surface area contributed by atoms with E-state index in [2.05, 4.69) is 22.4 Å². The van der Waals surface area contributed by atoms with E-state index in [1.165, 1.54) is 5.56 Å². The first-order valence-electron chi connectivity index (χ1n) is 15.2. The molecule has 0 saturated carbocycles. The second-order valence-corrected chi connectivity index (χ2v) is 11.6. The molecular weight excluding hydrogens is 540 g/mol. The molecule has 8 nitrogen and oxygen atoms in total. The van der Waals surface area contributed by atoms with Gasteiger partial charge in [0.05, 0.1) is 18.5 Å². The Labute approximate surface area is 249 Å². The van der Waals surface area contributed by atoms with E-state index in [9.17, 15) is 14.7 Å². The number of nitrogens with zero attached hydrogens (tertiary/aromatic N) is 4. The molecule has 6 heterocycles. The monoisotopic (exact) mass is 574 g/mol. The summed E-state index contributed by atoms with van der Waals surface area (Å²) in [5.41, 5.74) is 6.47. The molecular formula is C35H34N4O4. The molecule has 8 heteroatoms. The first kappa shape index (κ1) is 27.1. The summed E-state index contributed by atoms with van der Waals surface area (Å²) >= 11 is 0. The zero-order chi connectivity index (χ0) is 29.3. The van der Waals surface area contributed by atoms with Gasteiger partial charge in [-0.3, -0.25) is 9.59 Å². The fourth-order valence-electron chi connectivity index (χ4n) is 6.59. The Kier molecular flexibility index (Phi) is 7.27. The van der Waals surface area contributed by atoms with Crippen molar-refractivity contribution in [3.8, 4) is 5.75 Å². The van der Waals surface area contributed by atoms with Crippen LogP contribution in [-0.2, 0) is 24.3 Å². The molecule has 218 valence electrons. The second-order valence-electron chi connectivity index (χ2n) is 11.6. The fourth-order valence-corrected chi connectivity index (χ4v) is 6.59. The molecule has 10 rings (SSSR count). The Bertz CT molecular complexity index is 1850. The van der Waals surface area contributed by atoms with Crippen molar-refractivity contribution in [3.63, 3.8) is 0 Å². The van der Waals surface area contributed by atoms with E-state index < -0.39 is 5.97 Å². The number of ether oxygens (including phenoxy) is 1. The maximum absolute atomic E-state index is 13.9. The Morgan fingerprint density at radius 2 is 1.70 bits per heavy atom. The molecule has 0 fully saturated rings. The first-order chi connectivity index (χ1) is 21.0. The summed E-state index contributed by atoms with van der Waals surface area (Å²) in [5, 5.41) is 20.5. The molecule has 0 aliphatic carbocycles. The normalized spacial score (nSPS) is 17.6. The zero-order valence-corrected chi connectivity index (χ0v) is 24.0. The number of carboxylic acid groups (broad SMARTS) is 1. The molecule has 1 N–H and O–H groups in total. The van der Waals surface area contributed by atoms with Gasteiger partial charge in [0, 0.05) is 36.5 Å². The quantitative estimate of drug-likeness (QED) is 0.264. The molecule has 0 spiro atoms. The lowest BCUT2D eigenvalue weighted by Gasteiger charge is -2.30. The van der Waals surface area contributed by atoms with Crippen molar-refractivity contribution in [2.24, 2.45) is 0 Å².